The second-order valence-electron chi connectivity index (χ2n) is 6.74. The topological polar surface area (TPSA) is 41.1 Å². The molecule has 112 valence electrons. The number of nitrogens with one attached hydrogen (secondary N) is 2. The third-order valence-electron chi connectivity index (χ3n) is 4.05. The maximum absolute atomic E-state index is 12.1. The lowest BCUT2D eigenvalue weighted by Crippen LogP contribution is -2.55. The molecule has 0 radical (unpaired) electrons. The summed E-state index contributed by atoms with van der Waals surface area (Å²) in [5.41, 5.74) is -0.123. The average molecular weight is 268 g/mol. The second kappa shape index (κ2) is 7.28. The Morgan fingerprint density at radius 1 is 1.11 bits per heavy atom. The van der Waals surface area contributed by atoms with Crippen molar-refractivity contribution in [1.82, 2.24) is 10.6 Å². The zero-order valence-corrected chi connectivity index (χ0v) is 13.4. The fraction of sp³-hybridized carbons (Fsp3) is 0.938. The number of rotatable bonds is 1. The lowest BCUT2D eigenvalue weighted by atomic mass is 9.73. The molecule has 19 heavy (non-hydrogen) atoms. The third-order valence-corrected chi connectivity index (χ3v) is 4.05. The molecule has 0 aromatic carbocycles. The van der Waals surface area contributed by atoms with Crippen LogP contribution in [0.5, 0.6) is 0 Å². The Bertz CT molecular complexity index is 283. The molecule has 1 saturated carbocycles. The predicted molar refractivity (Wildman–Crippen MR) is 81.1 cm³/mol. The molecule has 3 unspecified atom stereocenters. The van der Waals surface area contributed by atoms with Crippen molar-refractivity contribution in [1.29, 1.82) is 0 Å². The highest BCUT2D eigenvalue weighted by molar-refractivity contribution is 5.82. The first-order chi connectivity index (χ1) is 8.96. The molecule has 2 rings (SSSR count). The summed E-state index contributed by atoms with van der Waals surface area (Å²) in [6.45, 7) is 11.2. The Balaban J connectivity index is 0.000000861. The van der Waals surface area contributed by atoms with E-state index in [1.54, 1.807) is 0 Å². The molecule has 3 heteroatoms. The Hall–Kier alpha value is -0.570. The maximum Gasteiger partial charge on any atom is 0.237 e. The number of hydrogen-bond donors (Lipinski definition) is 2. The van der Waals surface area contributed by atoms with Gasteiger partial charge in [-0.3, -0.25) is 4.79 Å². The van der Waals surface area contributed by atoms with Gasteiger partial charge < -0.3 is 10.6 Å². The Morgan fingerprint density at radius 2 is 1.68 bits per heavy atom. The molecular formula is C16H32N2O. The van der Waals surface area contributed by atoms with E-state index >= 15 is 0 Å². The summed E-state index contributed by atoms with van der Waals surface area (Å²) in [6.07, 6.45) is 6.44. The standard InChI is InChI=1S/C14H26N2O.C2H6/c1-14(2,3)16-13(17)12-8-10-6-4-5-7-11(10)9-15-12;1-2/h10-12,15H,4-9H2,1-3H3,(H,16,17);1-2H3. The van der Waals surface area contributed by atoms with E-state index in [-0.39, 0.29) is 17.5 Å². The van der Waals surface area contributed by atoms with Crippen LogP contribution in [-0.2, 0) is 4.79 Å². The summed E-state index contributed by atoms with van der Waals surface area (Å²) < 4.78 is 0. The Morgan fingerprint density at radius 3 is 2.26 bits per heavy atom. The van der Waals surface area contributed by atoms with Crippen LogP contribution in [0, 0.1) is 11.8 Å². The van der Waals surface area contributed by atoms with Gasteiger partial charge in [0.2, 0.25) is 5.91 Å². The van der Waals surface area contributed by atoms with Crippen molar-refractivity contribution >= 4 is 5.91 Å². The van der Waals surface area contributed by atoms with Gasteiger partial charge in [-0.05, 0) is 52.0 Å². The summed E-state index contributed by atoms with van der Waals surface area (Å²) in [6, 6.07) is 0.0357. The minimum absolute atomic E-state index is 0.0357. The first kappa shape index (κ1) is 16.5. The van der Waals surface area contributed by atoms with Gasteiger partial charge in [-0.25, -0.2) is 0 Å². The summed E-state index contributed by atoms with van der Waals surface area (Å²) in [5.74, 6) is 1.78. The predicted octanol–water partition coefficient (Wildman–Crippen LogP) is 3.10. The minimum Gasteiger partial charge on any atom is -0.350 e. The first-order valence-electron chi connectivity index (χ1n) is 8.01. The second-order valence-corrected chi connectivity index (χ2v) is 6.74. The molecule has 3 nitrogen and oxygen atoms in total. The van der Waals surface area contributed by atoms with E-state index in [9.17, 15) is 4.79 Å². The van der Waals surface area contributed by atoms with E-state index in [4.69, 9.17) is 0 Å². The Labute approximate surface area is 118 Å². The van der Waals surface area contributed by atoms with E-state index in [2.05, 4.69) is 10.6 Å². The summed E-state index contributed by atoms with van der Waals surface area (Å²) in [5, 5.41) is 6.51. The van der Waals surface area contributed by atoms with E-state index in [0.29, 0.717) is 0 Å². The van der Waals surface area contributed by atoms with Crippen molar-refractivity contribution in [2.75, 3.05) is 6.54 Å². The van der Waals surface area contributed by atoms with Crippen molar-refractivity contribution in [2.24, 2.45) is 11.8 Å². The molecule has 0 spiro atoms. The fourth-order valence-electron chi connectivity index (χ4n) is 3.20. The molecule has 0 aromatic rings. The van der Waals surface area contributed by atoms with Gasteiger partial charge in [0.15, 0.2) is 0 Å². The van der Waals surface area contributed by atoms with Crippen LogP contribution in [0.15, 0.2) is 0 Å². The van der Waals surface area contributed by atoms with Gasteiger partial charge in [-0.15, -0.1) is 0 Å². The van der Waals surface area contributed by atoms with Gasteiger partial charge in [0, 0.05) is 5.54 Å². The van der Waals surface area contributed by atoms with Crippen LogP contribution in [0.3, 0.4) is 0 Å². The van der Waals surface area contributed by atoms with Gasteiger partial charge in [0.05, 0.1) is 6.04 Å². The molecule has 1 heterocycles. The summed E-state index contributed by atoms with van der Waals surface area (Å²) in [7, 11) is 0. The number of carbonyl (C=O) groups excluding carboxylic acids is 1. The molecule has 2 fully saturated rings. The number of amides is 1. The quantitative estimate of drug-likeness (QED) is 0.767. The van der Waals surface area contributed by atoms with Gasteiger partial charge in [-0.2, -0.15) is 0 Å². The number of carbonyl (C=O) groups is 1. The van der Waals surface area contributed by atoms with Gasteiger partial charge >= 0.3 is 0 Å². The van der Waals surface area contributed by atoms with E-state index < -0.39 is 0 Å². The molecule has 0 bridgehead atoms. The SMILES string of the molecule is CC.CC(C)(C)NC(=O)C1CC2CCCCC2CN1. The lowest BCUT2D eigenvalue weighted by Gasteiger charge is -2.40. The Kier molecular flexibility index (Phi) is 6.31. The third kappa shape index (κ3) is 5.13. The smallest absolute Gasteiger partial charge is 0.237 e. The van der Waals surface area contributed by atoms with Crippen LogP contribution in [-0.4, -0.2) is 24.0 Å². The van der Waals surface area contributed by atoms with Crippen LogP contribution in [0.4, 0.5) is 0 Å². The highest BCUT2D eigenvalue weighted by atomic mass is 16.2. The minimum atomic E-state index is -0.123. The van der Waals surface area contributed by atoms with Crippen molar-refractivity contribution in [2.45, 2.75) is 78.3 Å². The summed E-state index contributed by atoms with van der Waals surface area (Å²) in [4.78, 5) is 12.1. The van der Waals surface area contributed by atoms with Crippen molar-refractivity contribution in [3.05, 3.63) is 0 Å². The van der Waals surface area contributed by atoms with E-state index in [1.165, 1.54) is 25.7 Å². The van der Waals surface area contributed by atoms with Gasteiger partial charge in [0.1, 0.15) is 0 Å². The maximum atomic E-state index is 12.1. The normalized spacial score (nSPS) is 30.7. The van der Waals surface area contributed by atoms with Crippen LogP contribution in [0.1, 0.15) is 66.7 Å². The highest BCUT2D eigenvalue weighted by Gasteiger charge is 2.35. The lowest BCUT2D eigenvalue weighted by molar-refractivity contribution is -0.126. The molecule has 1 saturated heterocycles. The van der Waals surface area contributed by atoms with E-state index in [1.807, 2.05) is 34.6 Å². The van der Waals surface area contributed by atoms with Crippen LogP contribution < -0.4 is 10.6 Å². The molecule has 1 aliphatic carbocycles. The van der Waals surface area contributed by atoms with Gasteiger partial charge in [0.25, 0.3) is 0 Å². The monoisotopic (exact) mass is 268 g/mol. The van der Waals surface area contributed by atoms with E-state index in [0.717, 1.165) is 24.8 Å². The largest absolute Gasteiger partial charge is 0.350 e. The first-order valence-corrected chi connectivity index (χ1v) is 8.01. The number of hydrogen-bond acceptors (Lipinski definition) is 2. The molecule has 1 amide bonds. The number of piperidine rings is 1. The molecule has 2 N–H and O–H groups in total. The zero-order valence-electron chi connectivity index (χ0n) is 13.4. The van der Waals surface area contributed by atoms with Crippen molar-refractivity contribution < 1.29 is 4.79 Å². The zero-order chi connectivity index (χ0) is 14.5. The molecule has 1 aliphatic heterocycles. The number of fused-ring (bicyclic) bond motifs is 1. The van der Waals surface area contributed by atoms with Gasteiger partial charge in [-0.1, -0.05) is 33.1 Å². The molecule has 2 aliphatic rings. The average Bonchev–Trinajstić information content (AvgIpc) is 2.38. The molecular weight excluding hydrogens is 236 g/mol. The summed E-state index contributed by atoms with van der Waals surface area (Å²) >= 11 is 0. The van der Waals surface area contributed by atoms with Crippen molar-refractivity contribution in [3.63, 3.8) is 0 Å². The fourth-order valence-corrected chi connectivity index (χ4v) is 3.20. The van der Waals surface area contributed by atoms with Crippen LogP contribution >= 0.6 is 0 Å². The highest BCUT2D eigenvalue weighted by Crippen LogP contribution is 2.35. The van der Waals surface area contributed by atoms with Crippen LogP contribution in [0.25, 0.3) is 0 Å². The molecule has 0 aromatic heterocycles. The van der Waals surface area contributed by atoms with Crippen molar-refractivity contribution in [3.8, 4) is 0 Å². The molecule has 3 atom stereocenters. The van der Waals surface area contributed by atoms with Crippen LogP contribution in [0.2, 0.25) is 0 Å².